The summed E-state index contributed by atoms with van der Waals surface area (Å²) in [6.07, 6.45) is 0. The summed E-state index contributed by atoms with van der Waals surface area (Å²) in [7, 11) is 0. The zero-order chi connectivity index (χ0) is 27.4. The first kappa shape index (κ1) is 27.6. The van der Waals surface area contributed by atoms with Gasteiger partial charge in [0, 0.05) is 71.0 Å². The molecular weight excluding hydrogens is 542 g/mol. The maximum absolute atomic E-state index is 12.9. The van der Waals surface area contributed by atoms with E-state index in [1.165, 1.54) is 17.3 Å². The van der Waals surface area contributed by atoms with Crippen LogP contribution in [-0.4, -0.2) is 108 Å². The van der Waals surface area contributed by atoms with Crippen molar-refractivity contribution in [3.63, 3.8) is 0 Å². The summed E-state index contributed by atoms with van der Waals surface area (Å²) in [5.41, 5.74) is 1.17. The molecule has 2 fully saturated rings. The number of hydrogen-bond donors (Lipinski definition) is 1. The maximum Gasteiger partial charge on any atom is 0.317 e. The molecule has 13 heteroatoms. The lowest BCUT2D eigenvalue weighted by atomic mass is 10.1. The normalized spacial score (nSPS) is 19.4. The molecule has 39 heavy (non-hydrogen) atoms. The number of amides is 3. The standard InChI is InChI=1S/C26H34ClN7O4S/c1-3-28-26(36)34-11-10-33(14-18(34)2)23-13-22(27)29-25(30-23)39-16-24(35)32-8-6-31(7-9-32)15-19-4-5-20-21(12-19)38-17-37-20/h4-5,12-13,18H,3,6-11,14-17H2,1-2H3,(H,28,36). The third kappa shape index (κ3) is 6.79. The van der Waals surface area contributed by atoms with Crippen LogP contribution in [0.5, 0.6) is 11.5 Å². The van der Waals surface area contributed by atoms with E-state index in [0.29, 0.717) is 55.4 Å². The summed E-state index contributed by atoms with van der Waals surface area (Å²) in [4.78, 5) is 42.4. The molecule has 210 valence electrons. The number of hydrogen-bond acceptors (Lipinski definition) is 9. The van der Waals surface area contributed by atoms with Crippen molar-refractivity contribution in [1.29, 1.82) is 0 Å². The predicted octanol–water partition coefficient (Wildman–Crippen LogP) is 2.54. The van der Waals surface area contributed by atoms with Crippen LogP contribution in [0, 0.1) is 0 Å². The molecule has 2 aromatic rings. The number of carbonyl (C=O) groups is 2. The minimum atomic E-state index is -0.0473. The van der Waals surface area contributed by atoms with Crippen molar-refractivity contribution >= 4 is 41.1 Å². The number of rotatable bonds is 7. The fraction of sp³-hybridized carbons (Fsp3) is 0.538. The highest BCUT2D eigenvalue weighted by Crippen LogP contribution is 2.33. The summed E-state index contributed by atoms with van der Waals surface area (Å²) in [5.74, 6) is 2.61. The first-order valence-corrected chi connectivity index (χ1v) is 14.6. The molecule has 1 atom stereocenters. The molecule has 3 aliphatic heterocycles. The topological polar surface area (TPSA) is 103 Å². The minimum Gasteiger partial charge on any atom is -0.454 e. The van der Waals surface area contributed by atoms with Crippen LogP contribution >= 0.6 is 23.4 Å². The molecule has 2 saturated heterocycles. The Balaban J connectivity index is 1.10. The number of piperazine rings is 2. The molecule has 1 N–H and O–H groups in total. The Morgan fingerprint density at radius 3 is 2.64 bits per heavy atom. The second kappa shape index (κ2) is 12.5. The van der Waals surface area contributed by atoms with Crippen LogP contribution in [0.3, 0.4) is 0 Å². The second-order valence-electron chi connectivity index (χ2n) is 9.79. The van der Waals surface area contributed by atoms with Gasteiger partial charge in [0.1, 0.15) is 11.0 Å². The highest BCUT2D eigenvalue weighted by atomic mass is 35.5. The van der Waals surface area contributed by atoms with E-state index in [-0.39, 0.29) is 30.5 Å². The van der Waals surface area contributed by atoms with Crippen molar-refractivity contribution in [3.8, 4) is 11.5 Å². The maximum atomic E-state index is 12.9. The van der Waals surface area contributed by atoms with Crippen molar-refractivity contribution in [3.05, 3.63) is 35.0 Å². The van der Waals surface area contributed by atoms with Gasteiger partial charge < -0.3 is 29.5 Å². The zero-order valence-corrected chi connectivity index (χ0v) is 23.8. The molecule has 11 nitrogen and oxygen atoms in total. The molecule has 0 bridgehead atoms. The van der Waals surface area contributed by atoms with Crippen molar-refractivity contribution < 1.29 is 19.1 Å². The van der Waals surface area contributed by atoms with Gasteiger partial charge in [-0.25, -0.2) is 14.8 Å². The van der Waals surface area contributed by atoms with Gasteiger partial charge in [-0.3, -0.25) is 9.69 Å². The molecule has 0 spiro atoms. The van der Waals surface area contributed by atoms with Gasteiger partial charge in [0.15, 0.2) is 16.7 Å². The van der Waals surface area contributed by atoms with Gasteiger partial charge in [-0.2, -0.15) is 0 Å². The summed E-state index contributed by atoms with van der Waals surface area (Å²) < 4.78 is 10.9. The van der Waals surface area contributed by atoms with E-state index in [1.54, 1.807) is 6.07 Å². The van der Waals surface area contributed by atoms with Crippen molar-refractivity contribution in [2.75, 3.05) is 69.8 Å². The number of benzene rings is 1. The molecule has 4 heterocycles. The highest BCUT2D eigenvalue weighted by Gasteiger charge is 2.28. The van der Waals surface area contributed by atoms with Crippen molar-refractivity contribution in [2.45, 2.75) is 31.6 Å². The minimum absolute atomic E-state index is 0.0282. The number of fused-ring (bicyclic) bond motifs is 1. The lowest BCUT2D eigenvalue weighted by Gasteiger charge is -2.40. The Labute approximate surface area is 237 Å². The number of nitrogens with one attached hydrogen (secondary N) is 1. The molecule has 1 aromatic heterocycles. The molecule has 0 aliphatic carbocycles. The average Bonchev–Trinajstić information content (AvgIpc) is 3.40. The number of anilines is 1. The molecule has 3 aliphatic rings. The van der Waals surface area contributed by atoms with E-state index < -0.39 is 0 Å². The van der Waals surface area contributed by atoms with E-state index in [2.05, 4.69) is 31.2 Å². The molecular formula is C26H34ClN7O4S. The van der Waals surface area contributed by atoms with Crippen molar-refractivity contribution in [1.82, 2.24) is 30.0 Å². The highest BCUT2D eigenvalue weighted by molar-refractivity contribution is 7.99. The Bertz CT molecular complexity index is 1200. The van der Waals surface area contributed by atoms with E-state index in [1.807, 2.05) is 35.8 Å². The van der Waals surface area contributed by atoms with Gasteiger partial charge in [0.2, 0.25) is 12.7 Å². The molecule has 5 rings (SSSR count). The van der Waals surface area contributed by atoms with Crippen LogP contribution < -0.4 is 19.7 Å². The summed E-state index contributed by atoms with van der Waals surface area (Å²) >= 11 is 7.63. The SMILES string of the molecule is CCNC(=O)N1CCN(c2cc(Cl)nc(SCC(=O)N3CCN(Cc4ccc5c(c4)OCO5)CC3)n2)CC1C. The Kier molecular flexibility index (Phi) is 8.83. The first-order chi connectivity index (χ1) is 18.9. The van der Waals surface area contributed by atoms with E-state index >= 15 is 0 Å². The third-order valence-corrected chi connectivity index (χ3v) is 8.12. The number of thioether (sulfide) groups is 1. The van der Waals surface area contributed by atoms with Crippen LogP contribution in [-0.2, 0) is 11.3 Å². The van der Waals surface area contributed by atoms with Gasteiger partial charge in [-0.1, -0.05) is 29.4 Å². The van der Waals surface area contributed by atoms with Crippen LogP contribution in [0.15, 0.2) is 29.4 Å². The van der Waals surface area contributed by atoms with Gasteiger partial charge in [0.05, 0.1) is 5.75 Å². The van der Waals surface area contributed by atoms with Gasteiger partial charge in [-0.15, -0.1) is 0 Å². The van der Waals surface area contributed by atoms with Crippen LogP contribution in [0.1, 0.15) is 19.4 Å². The predicted molar refractivity (Wildman–Crippen MR) is 150 cm³/mol. The molecule has 0 radical (unpaired) electrons. The number of urea groups is 1. The number of halogens is 1. The van der Waals surface area contributed by atoms with Crippen LogP contribution in [0.25, 0.3) is 0 Å². The number of aromatic nitrogens is 2. The molecule has 3 amide bonds. The summed E-state index contributed by atoms with van der Waals surface area (Å²) in [5, 5.41) is 3.68. The Morgan fingerprint density at radius 2 is 1.87 bits per heavy atom. The quantitative estimate of drug-likeness (QED) is 0.303. The van der Waals surface area contributed by atoms with Crippen LogP contribution in [0.2, 0.25) is 5.15 Å². The number of nitrogens with zero attached hydrogens (tertiary/aromatic N) is 6. The summed E-state index contributed by atoms with van der Waals surface area (Å²) in [6, 6.07) is 7.75. The largest absolute Gasteiger partial charge is 0.454 e. The average molecular weight is 576 g/mol. The smallest absolute Gasteiger partial charge is 0.317 e. The van der Waals surface area contributed by atoms with E-state index in [0.717, 1.165) is 31.1 Å². The van der Waals surface area contributed by atoms with E-state index in [9.17, 15) is 9.59 Å². The van der Waals surface area contributed by atoms with Gasteiger partial charge >= 0.3 is 6.03 Å². The molecule has 1 aromatic carbocycles. The number of carbonyl (C=O) groups excluding carboxylic acids is 2. The summed E-state index contributed by atoms with van der Waals surface area (Å²) in [6.45, 7) is 10.5. The molecule has 0 saturated carbocycles. The first-order valence-electron chi connectivity index (χ1n) is 13.2. The van der Waals surface area contributed by atoms with Crippen LogP contribution in [0.4, 0.5) is 10.6 Å². The monoisotopic (exact) mass is 575 g/mol. The lowest BCUT2D eigenvalue weighted by molar-refractivity contribution is -0.130. The fourth-order valence-electron chi connectivity index (χ4n) is 5.00. The number of ether oxygens (including phenoxy) is 2. The van der Waals surface area contributed by atoms with E-state index in [4.69, 9.17) is 21.1 Å². The third-order valence-electron chi connectivity index (χ3n) is 7.09. The van der Waals surface area contributed by atoms with Gasteiger partial charge in [-0.05, 0) is 31.5 Å². The van der Waals surface area contributed by atoms with Crippen molar-refractivity contribution in [2.24, 2.45) is 0 Å². The lowest BCUT2D eigenvalue weighted by Crippen LogP contribution is -2.56. The zero-order valence-electron chi connectivity index (χ0n) is 22.3. The van der Waals surface area contributed by atoms with Gasteiger partial charge in [0.25, 0.3) is 0 Å². The fourth-order valence-corrected chi connectivity index (χ4v) is 5.99. The molecule has 1 unspecified atom stereocenters. The second-order valence-corrected chi connectivity index (χ2v) is 11.1. The Hall–Kier alpha value is -2.96. The Morgan fingerprint density at radius 1 is 1.08 bits per heavy atom.